The van der Waals surface area contributed by atoms with Crippen molar-refractivity contribution in [3.8, 4) is 0 Å². The lowest BCUT2D eigenvalue weighted by Gasteiger charge is -2.24. The van der Waals surface area contributed by atoms with Gasteiger partial charge in [0.1, 0.15) is 6.04 Å². The minimum Gasteiger partial charge on any atom is -0.370 e. The molecule has 0 radical (unpaired) electrons. The van der Waals surface area contributed by atoms with Gasteiger partial charge in [0.25, 0.3) is 0 Å². The smallest absolute Gasteiger partial charge is 0.244 e. The van der Waals surface area contributed by atoms with E-state index in [-0.39, 0.29) is 11.9 Å². The zero-order valence-corrected chi connectivity index (χ0v) is 10.2. The highest BCUT2D eigenvalue weighted by Gasteiger charge is 2.22. The van der Waals surface area contributed by atoms with Gasteiger partial charge in [-0.25, -0.2) is 4.99 Å². The lowest BCUT2D eigenvalue weighted by atomic mass is 9.96. The van der Waals surface area contributed by atoms with Crippen LogP contribution in [-0.2, 0) is 4.79 Å². The van der Waals surface area contributed by atoms with E-state index in [0.717, 1.165) is 32.2 Å². The maximum Gasteiger partial charge on any atom is 0.244 e. The zero-order chi connectivity index (χ0) is 12.1. The van der Waals surface area contributed by atoms with Gasteiger partial charge < -0.3 is 16.4 Å². The molecule has 1 heterocycles. The van der Waals surface area contributed by atoms with Crippen molar-refractivity contribution in [2.45, 2.75) is 57.0 Å². The summed E-state index contributed by atoms with van der Waals surface area (Å²) in [6.45, 7) is 0.765. The summed E-state index contributed by atoms with van der Waals surface area (Å²) < 4.78 is 0. The summed E-state index contributed by atoms with van der Waals surface area (Å²) in [4.78, 5) is 15.8. The number of nitrogens with zero attached hydrogens (tertiary/aromatic N) is 1. The van der Waals surface area contributed by atoms with Crippen molar-refractivity contribution in [2.24, 2.45) is 10.7 Å². The first kappa shape index (κ1) is 12.2. The van der Waals surface area contributed by atoms with E-state index in [1.807, 2.05) is 0 Å². The van der Waals surface area contributed by atoms with E-state index in [1.165, 1.54) is 19.3 Å². The van der Waals surface area contributed by atoms with Gasteiger partial charge in [0.2, 0.25) is 5.91 Å². The van der Waals surface area contributed by atoms with E-state index in [9.17, 15) is 4.79 Å². The van der Waals surface area contributed by atoms with Crippen LogP contribution >= 0.6 is 0 Å². The first-order valence-electron chi connectivity index (χ1n) is 6.63. The Kier molecular flexibility index (Phi) is 4.23. The van der Waals surface area contributed by atoms with Gasteiger partial charge in [-0.3, -0.25) is 4.79 Å². The molecule has 0 bridgehead atoms. The highest BCUT2D eigenvalue weighted by molar-refractivity contribution is 5.87. The molecular formula is C12H22N4O. The van der Waals surface area contributed by atoms with Gasteiger partial charge in [0.05, 0.1) is 0 Å². The Morgan fingerprint density at radius 1 is 1.24 bits per heavy atom. The first-order valence-corrected chi connectivity index (χ1v) is 6.63. The van der Waals surface area contributed by atoms with E-state index < -0.39 is 0 Å². The number of amides is 1. The fourth-order valence-corrected chi connectivity index (χ4v) is 2.54. The Balaban J connectivity index is 1.84. The van der Waals surface area contributed by atoms with Crippen LogP contribution in [0.15, 0.2) is 4.99 Å². The molecule has 0 aromatic rings. The van der Waals surface area contributed by atoms with Crippen molar-refractivity contribution in [1.82, 2.24) is 10.6 Å². The molecule has 2 aliphatic rings. The van der Waals surface area contributed by atoms with Crippen molar-refractivity contribution < 1.29 is 4.79 Å². The molecule has 0 aromatic heterocycles. The van der Waals surface area contributed by atoms with E-state index in [2.05, 4.69) is 15.6 Å². The van der Waals surface area contributed by atoms with Gasteiger partial charge in [-0.05, 0) is 25.7 Å². The van der Waals surface area contributed by atoms with E-state index in [1.54, 1.807) is 0 Å². The summed E-state index contributed by atoms with van der Waals surface area (Å²) in [5, 5.41) is 6.05. The topological polar surface area (TPSA) is 79.5 Å². The molecule has 5 heteroatoms. The third-order valence-corrected chi connectivity index (χ3v) is 3.51. The molecule has 1 amide bonds. The number of nitrogens with two attached hydrogens (primary N) is 1. The normalized spacial score (nSPS) is 27.6. The number of piperidine rings is 1. The van der Waals surface area contributed by atoms with Crippen molar-refractivity contribution in [1.29, 1.82) is 0 Å². The van der Waals surface area contributed by atoms with Crippen molar-refractivity contribution >= 4 is 11.9 Å². The highest BCUT2D eigenvalue weighted by Crippen LogP contribution is 2.17. The standard InChI is InChI=1S/C12H22N4O/c13-12(15-9-5-2-1-3-6-9)16-10-7-4-8-14-11(10)17/h9-10H,1-8H2,(H,14,17)(H3,13,15,16). The second-order valence-corrected chi connectivity index (χ2v) is 4.94. The van der Waals surface area contributed by atoms with E-state index in [0.29, 0.717) is 12.0 Å². The molecule has 0 aromatic carbocycles. The van der Waals surface area contributed by atoms with Gasteiger partial charge in [0.15, 0.2) is 5.96 Å². The molecule has 0 spiro atoms. The van der Waals surface area contributed by atoms with Gasteiger partial charge in [-0.15, -0.1) is 0 Å². The maximum absolute atomic E-state index is 11.5. The van der Waals surface area contributed by atoms with Crippen LogP contribution in [0, 0.1) is 0 Å². The van der Waals surface area contributed by atoms with Crippen molar-refractivity contribution in [2.75, 3.05) is 6.54 Å². The van der Waals surface area contributed by atoms with Gasteiger partial charge in [0, 0.05) is 12.6 Å². The zero-order valence-electron chi connectivity index (χ0n) is 10.2. The number of hydrogen-bond donors (Lipinski definition) is 3. The van der Waals surface area contributed by atoms with Crippen LogP contribution in [0.3, 0.4) is 0 Å². The molecule has 2 fully saturated rings. The third kappa shape index (κ3) is 3.61. The molecule has 1 aliphatic heterocycles. The molecule has 96 valence electrons. The summed E-state index contributed by atoms with van der Waals surface area (Å²) in [6, 6.07) is 0.152. The van der Waals surface area contributed by atoms with Crippen LogP contribution in [0.5, 0.6) is 0 Å². The van der Waals surface area contributed by atoms with Gasteiger partial charge in [-0.2, -0.15) is 0 Å². The summed E-state index contributed by atoms with van der Waals surface area (Å²) in [6.07, 6.45) is 7.94. The van der Waals surface area contributed by atoms with E-state index in [4.69, 9.17) is 5.73 Å². The van der Waals surface area contributed by atoms with E-state index >= 15 is 0 Å². The summed E-state index contributed by atoms with van der Waals surface area (Å²) >= 11 is 0. The number of hydrogen-bond acceptors (Lipinski definition) is 2. The molecule has 5 nitrogen and oxygen atoms in total. The monoisotopic (exact) mass is 238 g/mol. The number of carbonyl (C=O) groups excluding carboxylic acids is 1. The van der Waals surface area contributed by atoms with Crippen LogP contribution in [0.2, 0.25) is 0 Å². The number of nitrogens with one attached hydrogen (secondary N) is 2. The van der Waals surface area contributed by atoms with Crippen LogP contribution in [0.4, 0.5) is 0 Å². The lowest BCUT2D eigenvalue weighted by Crippen LogP contribution is -2.45. The Bertz CT molecular complexity index is 297. The van der Waals surface area contributed by atoms with Crippen molar-refractivity contribution in [3.63, 3.8) is 0 Å². The second-order valence-electron chi connectivity index (χ2n) is 4.94. The third-order valence-electron chi connectivity index (χ3n) is 3.51. The molecule has 1 unspecified atom stereocenters. The SMILES string of the molecule is NC(=NC1CCCNC1=O)NC1CCCCC1. The average Bonchev–Trinajstić information content (AvgIpc) is 2.33. The summed E-state index contributed by atoms with van der Waals surface area (Å²) in [5.41, 5.74) is 5.86. The van der Waals surface area contributed by atoms with Crippen molar-refractivity contribution in [3.05, 3.63) is 0 Å². The van der Waals surface area contributed by atoms with Gasteiger partial charge >= 0.3 is 0 Å². The predicted octanol–water partition coefficient (Wildman–Crippen LogP) is 0.502. The molecular weight excluding hydrogens is 216 g/mol. The molecule has 2 rings (SSSR count). The first-order chi connectivity index (χ1) is 8.25. The second kappa shape index (κ2) is 5.89. The van der Waals surface area contributed by atoms with Crippen LogP contribution < -0.4 is 16.4 Å². The average molecular weight is 238 g/mol. The summed E-state index contributed by atoms with van der Waals surface area (Å²) in [5.74, 6) is 0.434. The molecule has 1 atom stereocenters. The largest absolute Gasteiger partial charge is 0.370 e. The van der Waals surface area contributed by atoms with Crippen LogP contribution in [0.1, 0.15) is 44.9 Å². The molecule has 4 N–H and O–H groups in total. The maximum atomic E-state index is 11.5. The van der Waals surface area contributed by atoms with Crippen LogP contribution in [-0.4, -0.2) is 30.5 Å². The number of guanidine groups is 1. The quantitative estimate of drug-likeness (QED) is 0.484. The number of carbonyl (C=O) groups is 1. The molecule has 1 saturated heterocycles. The predicted molar refractivity (Wildman–Crippen MR) is 67.7 cm³/mol. The minimum atomic E-state index is -0.292. The Morgan fingerprint density at radius 2 is 2.00 bits per heavy atom. The summed E-state index contributed by atoms with van der Waals surface area (Å²) in [7, 11) is 0. The van der Waals surface area contributed by atoms with Crippen LogP contribution in [0.25, 0.3) is 0 Å². The number of aliphatic imine (C=N–C) groups is 1. The Morgan fingerprint density at radius 3 is 2.71 bits per heavy atom. The molecule has 1 aliphatic carbocycles. The molecule has 1 saturated carbocycles. The fraction of sp³-hybridized carbons (Fsp3) is 0.833. The fourth-order valence-electron chi connectivity index (χ4n) is 2.54. The molecule has 17 heavy (non-hydrogen) atoms. The number of rotatable bonds is 2. The lowest BCUT2D eigenvalue weighted by molar-refractivity contribution is -0.123. The van der Waals surface area contributed by atoms with Gasteiger partial charge in [-0.1, -0.05) is 19.3 Å². The highest BCUT2D eigenvalue weighted by atomic mass is 16.2. The minimum absolute atomic E-state index is 0.00430. The Labute approximate surface area is 102 Å². The Hall–Kier alpha value is -1.26.